The minimum absolute atomic E-state index is 0.112. The van der Waals surface area contributed by atoms with Crippen LogP contribution in [0.1, 0.15) is 21.8 Å². The van der Waals surface area contributed by atoms with E-state index in [1.54, 1.807) is 18.1 Å². The summed E-state index contributed by atoms with van der Waals surface area (Å²) in [6.07, 6.45) is 1.67. The highest BCUT2D eigenvalue weighted by Gasteiger charge is 2.18. The van der Waals surface area contributed by atoms with Gasteiger partial charge in [-0.2, -0.15) is 4.98 Å². The maximum atomic E-state index is 12.8. The van der Waals surface area contributed by atoms with Crippen molar-refractivity contribution in [1.29, 1.82) is 0 Å². The molecule has 0 N–H and O–H groups in total. The van der Waals surface area contributed by atoms with E-state index in [0.29, 0.717) is 23.8 Å². The molecule has 0 bridgehead atoms. The summed E-state index contributed by atoms with van der Waals surface area (Å²) in [5.74, 6) is 1.47. The van der Waals surface area contributed by atoms with E-state index in [9.17, 15) is 4.79 Å². The molecule has 3 aromatic rings. The largest absolute Gasteiger partial charge is 0.497 e. The lowest BCUT2D eigenvalue weighted by molar-refractivity contribution is 0.0745. The van der Waals surface area contributed by atoms with Crippen LogP contribution < -0.4 is 4.74 Å². The molecule has 3 rings (SSSR count). The normalized spacial score (nSPS) is 10.4. The molecule has 138 valence electrons. The average Bonchev–Trinajstić information content (AvgIpc) is 3.16. The first-order valence-electron chi connectivity index (χ1n) is 8.54. The van der Waals surface area contributed by atoms with Crippen molar-refractivity contribution in [2.24, 2.45) is 0 Å². The number of amides is 1. The summed E-state index contributed by atoms with van der Waals surface area (Å²) in [4.78, 5) is 18.8. The quantitative estimate of drug-likeness (QED) is 0.596. The zero-order valence-corrected chi connectivity index (χ0v) is 15.4. The second-order valence-corrected chi connectivity index (χ2v) is 6.08. The Balaban J connectivity index is 1.76. The van der Waals surface area contributed by atoms with Crippen molar-refractivity contribution in [2.45, 2.75) is 13.5 Å². The topological polar surface area (TPSA) is 68.5 Å². The number of carbonyl (C=O) groups excluding carboxylic acids is 1. The molecule has 0 radical (unpaired) electrons. The standard InChI is InChI=1S/C21H21N3O3/c1-4-13-24(21(25)17-7-5-15(2)6-8-17)14-19-22-20(23-27-19)16-9-11-18(26-3)12-10-16/h4-12H,1,13-14H2,2-3H3. The van der Waals surface area contributed by atoms with Gasteiger partial charge in [0.05, 0.1) is 7.11 Å². The summed E-state index contributed by atoms with van der Waals surface area (Å²) < 4.78 is 10.5. The SMILES string of the molecule is C=CCN(Cc1nc(-c2ccc(OC)cc2)no1)C(=O)c1ccc(C)cc1. The van der Waals surface area contributed by atoms with Gasteiger partial charge in [-0.05, 0) is 43.3 Å². The minimum Gasteiger partial charge on any atom is -0.497 e. The van der Waals surface area contributed by atoms with Gasteiger partial charge in [0.1, 0.15) is 12.3 Å². The van der Waals surface area contributed by atoms with Crippen molar-refractivity contribution < 1.29 is 14.1 Å². The van der Waals surface area contributed by atoms with Crippen molar-refractivity contribution >= 4 is 5.91 Å². The van der Waals surface area contributed by atoms with E-state index in [-0.39, 0.29) is 12.5 Å². The summed E-state index contributed by atoms with van der Waals surface area (Å²) >= 11 is 0. The first kappa shape index (κ1) is 18.4. The third-order valence-electron chi connectivity index (χ3n) is 4.08. The van der Waals surface area contributed by atoms with E-state index in [1.165, 1.54) is 0 Å². The molecular weight excluding hydrogens is 342 g/mol. The summed E-state index contributed by atoms with van der Waals surface area (Å²) in [6, 6.07) is 14.8. The predicted molar refractivity (Wildman–Crippen MR) is 102 cm³/mol. The van der Waals surface area contributed by atoms with Crippen LogP contribution in [-0.4, -0.2) is 34.6 Å². The number of aromatic nitrogens is 2. The molecule has 0 aliphatic rings. The molecule has 0 fully saturated rings. The van der Waals surface area contributed by atoms with E-state index in [4.69, 9.17) is 9.26 Å². The number of methoxy groups -OCH3 is 1. The van der Waals surface area contributed by atoms with Crippen molar-refractivity contribution in [3.8, 4) is 17.1 Å². The van der Waals surface area contributed by atoms with Gasteiger partial charge in [-0.25, -0.2) is 0 Å². The summed E-state index contributed by atoms with van der Waals surface area (Å²) in [5, 5.41) is 4.01. The van der Waals surface area contributed by atoms with Crippen LogP contribution in [0.25, 0.3) is 11.4 Å². The highest BCUT2D eigenvalue weighted by atomic mass is 16.5. The molecule has 2 aromatic carbocycles. The molecule has 6 heteroatoms. The van der Waals surface area contributed by atoms with Gasteiger partial charge in [0.25, 0.3) is 5.91 Å². The van der Waals surface area contributed by atoms with Crippen molar-refractivity contribution in [3.63, 3.8) is 0 Å². The number of aryl methyl sites for hydroxylation is 1. The monoisotopic (exact) mass is 363 g/mol. The molecule has 6 nitrogen and oxygen atoms in total. The highest BCUT2D eigenvalue weighted by Crippen LogP contribution is 2.20. The van der Waals surface area contributed by atoms with Crippen LogP contribution in [0.3, 0.4) is 0 Å². The maximum Gasteiger partial charge on any atom is 0.254 e. The first-order valence-corrected chi connectivity index (χ1v) is 8.54. The zero-order chi connectivity index (χ0) is 19.2. The number of ether oxygens (including phenoxy) is 1. The number of hydrogen-bond donors (Lipinski definition) is 0. The Labute approximate surface area is 158 Å². The molecule has 0 saturated heterocycles. The Morgan fingerprint density at radius 1 is 1.19 bits per heavy atom. The van der Waals surface area contributed by atoms with E-state index in [0.717, 1.165) is 16.9 Å². The zero-order valence-electron chi connectivity index (χ0n) is 15.4. The number of nitrogens with zero attached hydrogens (tertiary/aromatic N) is 3. The van der Waals surface area contributed by atoms with Gasteiger partial charge in [-0.3, -0.25) is 4.79 Å². The van der Waals surface area contributed by atoms with E-state index in [1.807, 2.05) is 55.5 Å². The Morgan fingerprint density at radius 3 is 2.52 bits per heavy atom. The lowest BCUT2D eigenvalue weighted by Gasteiger charge is -2.19. The molecule has 1 heterocycles. The Bertz CT molecular complexity index is 915. The van der Waals surface area contributed by atoms with Gasteiger partial charge in [0.2, 0.25) is 11.7 Å². The van der Waals surface area contributed by atoms with Crippen molar-refractivity contribution in [1.82, 2.24) is 15.0 Å². The van der Waals surface area contributed by atoms with Crippen LogP contribution in [-0.2, 0) is 6.54 Å². The second kappa shape index (κ2) is 8.31. The van der Waals surface area contributed by atoms with Crippen LogP contribution in [0.2, 0.25) is 0 Å². The van der Waals surface area contributed by atoms with E-state index >= 15 is 0 Å². The Hall–Kier alpha value is -3.41. The number of rotatable bonds is 7. The van der Waals surface area contributed by atoms with Crippen molar-refractivity contribution in [3.05, 3.63) is 78.2 Å². The van der Waals surface area contributed by atoms with Gasteiger partial charge < -0.3 is 14.2 Å². The number of benzene rings is 2. The average molecular weight is 363 g/mol. The first-order chi connectivity index (χ1) is 13.1. The molecular formula is C21H21N3O3. The molecule has 0 saturated carbocycles. The predicted octanol–water partition coefficient (Wildman–Crippen LogP) is 3.88. The minimum atomic E-state index is -0.112. The fourth-order valence-electron chi connectivity index (χ4n) is 2.59. The summed E-state index contributed by atoms with van der Waals surface area (Å²) in [5.41, 5.74) is 2.52. The highest BCUT2D eigenvalue weighted by molar-refractivity contribution is 5.94. The van der Waals surface area contributed by atoms with Crippen molar-refractivity contribution in [2.75, 3.05) is 13.7 Å². The smallest absolute Gasteiger partial charge is 0.254 e. The molecule has 1 amide bonds. The number of hydrogen-bond acceptors (Lipinski definition) is 5. The molecule has 0 aliphatic carbocycles. The Morgan fingerprint density at radius 2 is 1.89 bits per heavy atom. The molecule has 0 unspecified atom stereocenters. The summed E-state index contributed by atoms with van der Waals surface area (Å²) in [6.45, 7) is 6.30. The van der Waals surface area contributed by atoms with Gasteiger partial charge >= 0.3 is 0 Å². The number of carbonyl (C=O) groups is 1. The van der Waals surface area contributed by atoms with Gasteiger partial charge in [0, 0.05) is 17.7 Å². The fourth-order valence-corrected chi connectivity index (χ4v) is 2.59. The Kier molecular flexibility index (Phi) is 5.66. The molecule has 0 spiro atoms. The van der Waals surface area contributed by atoms with E-state index < -0.39 is 0 Å². The van der Waals surface area contributed by atoms with Crippen LogP contribution >= 0.6 is 0 Å². The van der Waals surface area contributed by atoms with Crippen LogP contribution in [0.4, 0.5) is 0 Å². The molecule has 1 aromatic heterocycles. The fraction of sp³-hybridized carbons (Fsp3) is 0.190. The maximum absolute atomic E-state index is 12.8. The van der Waals surface area contributed by atoms with Gasteiger partial charge in [-0.1, -0.05) is 28.9 Å². The van der Waals surface area contributed by atoms with Gasteiger partial charge in [0.15, 0.2) is 0 Å². The van der Waals surface area contributed by atoms with E-state index in [2.05, 4.69) is 16.7 Å². The third-order valence-corrected chi connectivity index (χ3v) is 4.08. The molecule has 0 aliphatic heterocycles. The second-order valence-electron chi connectivity index (χ2n) is 6.08. The third kappa shape index (κ3) is 4.41. The molecule has 27 heavy (non-hydrogen) atoms. The lowest BCUT2D eigenvalue weighted by atomic mass is 10.1. The molecule has 0 atom stereocenters. The summed E-state index contributed by atoms with van der Waals surface area (Å²) in [7, 11) is 1.61. The lowest BCUT2D eigenvalue weighted by Crippen LogP contribution is -2.30. The van der Waals surface area contributed by atoms with Gasteiger partial charge in [-0.15, -0.1) is 6.58 Å². The van der Waals surface area contributed by atoms with Crippen LogP contribution in [0.15, 0.2) is 65.7 Å². The van der Waals surface area contributed by atoms with Crippen LogP contribution in [0.5, 0.6) is 5.75 Å². The van der Waals surface area contributed by atoms with Crippen LogP contribution in [0, 0.1) is 6.92 Å².